The molecule has 1 aromatic carbocycles. The Bertz CT molecular complexity index is 332. The van der Waals surface area contributed by atoms with E-state index < -0.39 is 0 Å². The monoisotopic (exact) mass is 275 g/mol. The SMILES string of the molecule is COC(C)C(C)Nc1ccc(F)c(Br)c1. The predicted molar refractivity (Wildman–Crippen MR) is 63.7 cm³/mol. The van der Waals surface area contributed by atoms with E-state index in [2.05, 4.69) is 21.2 Å². The maximum absolute atomic E-state index is 13.0. The second kappa shape index (κ2) is 5.47. The lowest BCUT2D eigenvalue weighted by molar-refractivity contribution is 0.106. The molecule has 0 spiro atoms. The Morgan fingerprint density at radius 3 is 2.60 bits per heavy atom. The topological polar surface area (TPSA) is 21.3 Å². The van der Waals surface area contributed by atoms with E-state index in [-0.39, 0.29) is 18.0 Å². The molecule has 0 aliphatic heterocycles. The highest BCUT2D eigenvalue weighted by molar-refractivity contribution is 9.10. The molecule has 84 valence electrons. The molecule has 0 heterocycles. The van der Waals surface area contributed by atoms with Crippen LogP contribution in [0, 0.1) is 5.82 Å². The molecule has 2 unspecified atom stereocenters. The molecule has 1 N–H and O–H groups in total. The van der Waals surface area contributed by atoms with Crippen molar-refractivity contribution in [2.75, 3.05) is 12.4 Å². The number of hydrogen-bond acceptors (Lipinski definition) is 2. The van der Waals surface area contributed by atoms with E-state index in [0.717, 1.165) is 5.69 Å². The molecule has 2 nitrogen and oxygen atoms in total. The van der Waals surface area contributed by atoms with Gasteiger partial charge in [-0.05, 0) is 48.0 Å². The average molecular weight is 276 g/mol. The Morgan fingerprint density at radius 2 is 2.07 bits per heavy atom. The van der Waals surface area contributed by atoms with Crippen LogP contribution in [0.25, 0.3) is 0 Å². The van der Waals surface area contributed by atoms with Gasteiger partial charge in [-0.1, -0.05) is 0 Å². The molecule has 0 saturated heterocycles. The third-order valence-corrected chi connectivity index (χ3v) is 3.00. The van der Waals surface area contributed by atoms with Gasteiger partial charge in [0.15, 0.2) is 0 Å². The van der Waals surface area contributed by atoms with Crippen LogP contribution >= 0.6 is 15.9 Å². The van der Waals surface area contributed by atoms with Gasteiger partial charge in [0.2, 0.25) is 0 Å². The summed E-state index contributed by atoms with van der Waals surface area (Å²) in [4.78, 5) is 0. The van der Waals surface area contributed by atoms with Crippen molar-refractivity contribution in [3.8, 4) is 0 Å². The van der Waals surface area contributed by atoms with Crippen molar-refractivity contribution in [2.24, 2.45) is 0 Å². The van der Waals surface area contributed by atoms with Crippen LogP contribution in [0.4, 0.5) is 10.1 Å². The standard InChI is InChI=1S/C11H15BrFNO/c1-7(8(2)15-3)14-9-4-5-11(13)10(12)6-9/h4-8,14H,1-3H3. The summed E-state index contributed by atoms with van der Waals surface area (Å²) in [5, 5.41) is 3.24. The summed E-state index contributed by atoms with van der Waals surface area (Å²) < 4.78 is 18.6. The third kappa shape index (κ3) is 3.47. The lowest BCUT2D eigenvalue weighted by Crippen LogP contribution is -2.29. The van der Waals surface area contributed by atoms with Crippen LogP contribution in [0.15, 0.2) is 22.7 Å². The zero-order chi connectivity index (χ0) is 11.4. The normalized spacial score (nSPS) is 14.7. The van der Waals surface area contributed by atoms with Crippen molar-refractivity contribution in [3.05, 3.63) is 28.5 Å². The number of rotatable bonds is 4. The fraction of sp³-hybridized carbons (Fsp3) is 0.455. The minimum atomic E-state index is -0.256. The summed E-state index contributed by atoms with van der Waals surface area (Å²) in [6.45, 7) is 4.00. The Kier molecular flexibility index (Phi) is 4.54. The van der Waals surface area contributed by atoms with Gasteiger partial charge < -0.3 is 10.1 Å². The van der Waals surface area contributed by atoms with Crippen molar-refractivity contribution in [3.63, 3.8) is 0 Å². The van der Waals surface area contributed by atoms with Crippen LogP contribution in [0.3, 0.4) is 0 Å². The van der Waals surface area contributed by atoms with Gasteiger partial charge in [-0.25, -0.2) is 4.39 Å². The second-order valence-corrected chi connectivity index (χ2v) is 4.36. The molecule has 0 radical (unpaired) electrons. The highest BCUT2D eigenvalue weighted by Crippen LogP contribution is 2.21. The van der Waals surface area contributed by atoms with Gasteiger partial charge in [0, 0.05) is 18.8 Å². The predicted octanol–water partition coefficient (Wildman–Crippen LogP) is 3.42. The first kappa shape index (κ1) is 12.5. The van der Waals surface area contributed by atoms with Gasteiger partial charge >= 0.3 is 0 Å². The fourth-order valence-electron chi connectivity index (χ4n) is 1.17. The van der Waals surface area contributed by atoms with Gasteiger partial charge in [-0.2, -0.15) is 0 Å². The number of anilines is 1. The molecule has 0 saturated carbocycles. The lowest BCUT2D eigenvalue weighted by atomic mass is 10.2. The van der Waals surface area contributed by atoms with E-state index in [9.17, 15) is 4.39 Å². The van der Waals surface area contributed by atoms with E-state index in [1.165, 1.54) is 6.07 Å². The van der Waals surface area contributed by atoms with Crippen LogP contribution in [0.2, 0.25) is 0 Å². The highest BCUT2D eigenvalue weighted by atomic mass is 79.9. The van der Waals surface area contributed by atoms with Crippen LogP contribution in [-0.4, -0.2) is 19.3 Å². The zero-order valence-electron chi connectivity index (χ0n) is 9.05. The molecule has 0 aromatic heterocycles. The first-order valence-corrected chi connectivity index (χ1v) is 5.58. The summed E-state index contributed by atoms with van der Waals surface area (Å²) >= 11 is 3.14. The molecule has 0 fully saturated rings. The first-order chi connectivity index (χ1) is 7.04. The van der Waals surface area contributed by atoms with E-state index in [1.54, 1.807) is 19.2 Å². The molecule has 0 bridgehead atoms. The lowest BCUT2D eigenvalue weighted by Gasteiger charge is -2.21. The van der Waals surface area contributed by atoms with E-state index in [0.29, 0.717) is 4.47 Å². The van der Waals surface area contributed by atoms with Crippen LogP contribution in [0.1, 0.15) is 13.8 Å². The van der Waals surface area contributed by atoms with Crippen molar-refractivity contribution in [2.45, 2.75) is 26.0 Å². The van der Waals surface area contributed by atoms with E-state index in [4.69, 9.17) is 4.74 Å². The van der Waals surface area contributed by atoms with Gasteiger partial charge in [0.1, 0.15) is 5.82 Å². The van der Waals surface area contributed by atoms with Crippen molar-refractivity contribution in [1.29, 1.82) is 0 Å². The summed E-state index contributed by atoms with van der Waals surface area (Å²) in [6.07, 6.45) is 0.105. The molecular weight excluding hydrogens is 261 g/mol. The van der Waals surface area contributed by atoms with E-state index in [1.807, 2.05) is 13.8 Å². The first-order valence-electron chi connectivity index (χ1n) is 4.79. The molecule has 0 aliphatic carbocycles. The molecule has 2 atom stereocenters. The molecule has 0 aliphatic rings. The van der Waals surface area contributed by atoms with Crippen LogP contribution in [-0.2, 0) is 4.74 Å². The van der Waals surface area contributed by atoms with Gasteiger partial charge in [0.05, 0.1) is 10.6 Å². The summed E-state index contributed by atoms with van der Waals surface area (Å²) in [6, 6.07) is 5.02. The molecule has 1 aromatic rings. The minimum absolute atomic E-state index is 0.105. The quantitative estimate of drug-likeness (QED) is 0.909. The number of hydrogen-bond donors (Lipinski definition) is 1. The molecule has 15 heavy (non-hydrogen) atoms. The third-order valence-electron chi connectivity index (χ3n) is 2.39. The molecule has 0 amide bonds. The highest BCUT2D eigenvalue weighted by Gasteiger charge is 2.11. The van der Waals surface area contributed by atoms with Crippen molar-refractivity contribution < 1.29 is 9.13 Å². The summed E-state index contributed by atoms with van der Waals surface area (Å²) in [7, 11) is 1.67. The second-order valence-electron chi connectivity index (χ2n) is 3.50. The largest absolute Gasteiger partial charge is 0.380 e. The fourth-order valence-corrected chi connectivity index (χ4v) is 1.55. The van der Waals surface area contributed by atoms with Gasteiger partial charge in [0.25, 0.3) is 0 Å². The number of halogens is 2. The maximum Gasteiger partial charge on any atom is 0.137 e. The van der Waals surface area contributed by atoms with Crippen molar-refractivity contribution in [1.82, 2.24) is 0 Å². The Balaban J connectivity index is 2.68. The maximum atomic E-state index is 13.0. The minimum Gasteiger partial charge on any atom is -0.380 e. The van der Waals surface area contributed by atoms with Crippen LogP contribution in [0.5, 0.6) is 0 Å². The van der Waals surface area contributed by atoms with E-state index >= 15 is 0 Å². The molecule has 1 rings (SSSR count). The number of benzene rings is 1. The summed E-state index contributed by atoms with van der Waals surface area (Å²) in [5.41, 5.74) is 0.875. The van der Waals surface area contributed by atoms with Crippen LogP contribution < -0.4 is 5.32 Å². The molecule has 4 heteroatoms. The van der Waals surface area contributed by atoms with Crippen molar-refractivity contribution >= 4 is 21.6 Å². The van der Waals surface area contributed by atoms with Gasteiger partial charge in [-0.15, -0.1) is 0 Å². The number of ether oxygens (including phenoxy) is 1. The Hall–Kier alpha value is -0.610. The number of methoxy groups -OCH3 is 1. The number of nitrogens with one attached hydrogen (secondary N) is 1. The Labute approximate surface area is 98.0 Å². The molecular formula is C11H15BrFNO. The summed E-state index contributed by atoms with van der Waals surface area (Å²) in [5.74, 6) is -0.256. The van der Waals surface area contributed by atoms with Gasteiger partial charge in [-0.3, -0.25) is 0 Å². The Morgan fingerprint density at radius 1 is 1.40 bits per heavy atom. The average Bonchev–Trinajstić information content (AvgIpc) is 2.22. The zero-order valence-corrected chi connectivity index (χ0v) is 10.6. The smallest absolute Gasteiger partial charge is 0.137 e.